The summed E-state index contributed by atoms with van der Waals surface area (Å²) in [6.07, 6.45) is -3.62. The summed E-state index contributed by atoms with van der Waals surface area (Å²) in [6, 6.07) is 0. The Balaban J connectivity index is 2.40. The van der Waals surface area contributed by atoms with Gasteiger partial charge in [-0.2, -0.15) is 0 Å². The Morgan fingerprint density at radius 2 is 2.08 bits per heavy atom. The molecule has 0 radical (unpaired) electrons. The van der Waals surface area contributed by atoms with Crippen LogP contribution in [0.15, 0.2) is 0 Å². The summed E-state index contributed by atoms with van der Waals surface area (Å²) >= 11 is 1.49. The molecule has 5 N–H and O–H groups in total. The molecule has 0 saturated carbocycles. The van der Waals surface area contributed by atoms with Crippen LogP contribution in [0.3, 0.4) is 0 Å². The second kappa shape index (κ2) is 5.14. The summed E-state index contributed by atoms with van der Waals surface area (Å²) in [7, 11) is 0. The number of hydrogen-bond donors (Lipinski definition) is 5. The van der Waals surface area contributed by atoms with Gasteiger partial charge in [0.15, 0.2) is 0 Å². The zero-order chi connectivity index (χ0) is 9.84. The molecule has 0 aliphatic carbocycles. The molecule has 1 aliphatic rings. The van der Waals surface area contributed by atoms with E-state index in [4.69, 9.17) is 10.2 Å². The van der Waals surface area contributed by atoms with E-state index in [0.29, 0.717) is 0 Å². The smallest absolute Gasteiger partial charge is 0.110 e. The molecule has 1 rings (SSSR count). The largest absolute Gasteiger partial charge is 0.394 e. The normalized spacial score (nSPS) is 30.0. The highest BCUT2D eigenvalue weighted by Gasteiger charge is 2.32. The van der Waals surface area contributed by atoms with Crippen molar-refractivity contribution in [3.63, 3.8) is 0 Å². The van der Waals surface area contributed by atoms with Gasteiger partial charge in [0, 0.05) is 12.3 Å². The first-order chi connectivity index (χ1) is 6.16. The van der Waals surface area contributed by atoms with Crippen molar-refractivity contribution in [2.75, 3.05) is 18.9 Å². The van der Waals surface area contributed by atoms with E-state index in [2.05, 4.69) is 5.32 Å². The predicted octanol–water partition coefficient (Wildman–Crippen LogP) is -2.28. The maximum Gasteiger partial charge on any atom is 0.110 e. The summed E-state index contributed by atoms with van der Waals surface area (Å²) in [4.78, 5) is 0. The van der Waals surface area contributed by atoms with Gasteiger partial charge in [-0.25, -0.2) is 0 Å². The van der Waals surface area contributed by atoms with Gasteiger partial charge in [-0.1, -0.05) is 0 Å². The Bertz CT molecular complexity index is 153. The second-order valence-electron chi connectivity index (χ2n) is 2.98. The molecule has 0 amide bonds. The quantitative estimate of drug-likeness (QED) is 0.358. The Kier molecular flexibility index (Phi) is 4.43. The zero-order valence-electron chi connectivity index (χ0n) is 7.13. The molecule has 78 valence electrons. The third-order valence-electron chi connectivity index (χ3n) is 1.99. The van der Waals surface area contributed by atoms with Crippen molar-refractivity contribution in [1.29, 1.82) is 0 Å². The van der Waals surface area contributed by atoms with E-state index < -0.39 is 24.9 Å². The van der Waals surface area contributed by atoms with E-state index in [0.717, 1.165) is 12.3 Å². The molecule has 1 saturated heterocycles. The highest BCUT2D eigenvalue weighted by molar-refractivity contribution is 8.00. The number of aliphatic hydroxyl groups is 4. The number of thioether (sulfide) groups is 1. The van der Waals surface area contributed by atoms with Crippen LogP contribution in [0.5, 0.6) is 0 Å². The van der Waals surface area contributed by atoms with Crippen LogP contribution in [0.1, 0.15) is 0 Å². The fourth-order valence-electron chi connectivity index (χ4n) is 1.18. The van der Waals surface area contributed by atoms with Gasteiger partial charge >= 0.3 is 0 Å². The molecule has 6 heteroatoms. The standard InChI is InChI=1S/C7H15NO4S/c9-3-4(10)5(11)6(12)7-8-1-2-13-7/h4-12H,1-3H2/t4-,5-,6+,7+/m0/s1. The molecule has 5 nitrogen and oxygen atoms in total. The van der Waals surface area contributed by atoms with E-state index >= 15 is 0 Å². The summed E-state index contributed by atoms with van der Waals surface area (Å²) in [5, 5.41) is 39.2. The van der Waals surface area contributed by atoms with Gasteiger partial charge in [0.25, 0.3) is 0 Å². The lowest BCUT2D eigenvalue weighted by Gasteiger charge is -2.25. The van der Waals surface area contributed by atoms with Crippen molar-refractivity contribution in [2.45, 2.75) is 23.7 Å². The first kappa shape index (κ1) is 11.2. The van der Waals surface area contributed by atoms with Gasteiger partial charge in [0.1, 0.15) is 18.3 Å². The molecule has 1 fully saturated rings. The van der Waals surface area contributed by atoms with E-state index in [1.807, 2.05) is 0 Å². The minimum Gasteiger partial charge on any atom is -0.394 e. The Labute approximate surface area is 80.8 Å². The molecule has 0 aromatic heterocycles. The molecular formula is C7H15NO4S. The lowest BCUT2D eigenvalue weighted by atomic mass is 10.1. The van der Waals surface area contributed by atoms with Crippen LogP contribution in [0, 0.1) is 0 Å². The maximum absolute atomic E-state index is 9.51. The SMILES string of the molecule is OC[C@H](O)[C@H](O)[C@@H](O)[C@@H]1NCCS1. The highest BCUT2D eigenvalue weighted by atomic mass is 32.2. The van der Waals surface area contributed by atoms with Gasteiger partial charge in [-0.3, -0.25) is 0 Å². The molecule has 0 aromatic rings. The summed E-state index contributed by atoms with van der Waals surface area (Å²) in [5.41, 5.74) is 0. The van der Waals surface area contributed by atoms with Gasteiger partial charge < -0.3 is 25.7 Å². The van der Waals surface area contributed by atoms with Gasteiger partial charge in [0.2, 0.25) is 0 Å². The van der Waals surface area contributed by atoms with Crippen molar-refractivity contribution in [3.8, 4) is 0 Å². The lowest BCUT2D eigenvalue weighted by Crippen LogP contribution is -2.47. The fourth-order valence-corrected chi connectivity index (χ4v) is 2.26. The first-order valence-electron chi connectivity index (χ1n) is 4.17. The minimum atomic E-state index is -1.30. The van der Waals surface area contributed by atoms with E-state index in [1.165, 1.54) is 11.8 Å². The average molecular weight is 209 g/mol. The predicted molar refractivity (Wildman–Crippen MR) is 49.4 cm³/mol. The molecule has 0 bridgehead atoms. The van der Waals surface area contributed by atoms with Gasteiger partial charge in [0.05, 0.1) is 12.0 Å². The van der Waals surface area contributed by atoms with Gasteiger partial charge in [-0.05, 0) is 0 Å². The van der Waals surface area contributed by atoms with Crippen molar-refractivity contribution in [2.24, 2.45) is 0 Å². The first-order valence-corrected chi connectivity index (χ1v) is 5.21. The molecule has 0 spiro atoms. The molecule has 0 unspecified atom stereocenters. The number of nitrogens with one attached hydrogen (secondary N) is 1. The van der Waals surface area contributed by atoms with Crippen LogP contribution in [-0.2, 0) is 0 Å². The molecule has 1 heterocycles. The zero-order valence-corrected chi connectivity index (χ0v) is 7.94. The summed E-state index contributed by atoms with van der Waals surface area (Å²) in [5.74, 6) is 0.879. The summed E-state index contributed by atoms with van der Waals surface area (Å²) in [6.45, 7) is 0.240. The molecular weight excluding hydrogens is 194 g/mol. The van der Waals surface area contributed by atoms with Crippen molar-refractivity contribution < 1.29 is 20.4 Å². The van der Waals surface area contributed by atoms with E-state index in [-0.39, 0.29) is 5.37 Å². The van der Waals surface area contributed by atoms with Crippen LogP contribution >= 0.6 is 11.8 Å². The Morgan fingerprint density at radius 3 is 2.54 bits per heavy atom. The molecule has 0 aromatic carbocycles. The average Bonchev–Trinajstić information content (AvgIpc) is 2.67. The Morgan fingerprint density at radius 1 is 1.38 bits per heavy atom. The molecule has 4 atom stereocenters. The second-order valence-corrected chi connectivity index (χ2v) is 4.23. The number of aliphatic hydroxyl groups excluding tert-OH is 4. The maximum atomic E-state index is 9.51. The van der Waals surface area contributed by atoms with Crippen LogP contribution in [0.4, 0.5) is 0 Å². The van der Waals surface area contributed by atoms with Crippen molar-refractivity contribution in [3.05, 3.63) is 0 Å². The van der Waals surface area contributed by atoms with Crippen molar-refractivity contribution in [1.82, 2.24) is 5.32 Å². The van der Waals surface area contributed by atoms with Gasteiger partial charge in [-0.15, -0.1) is 11.8 Å². The third-order valence-corrected chi connectivity index (χ3v) is 3.23. The van der Waals surface area contributed by atoms with Crippen LogP contribution in [-0.4, -0.2) is 63.0 Å². The van der Waals surface area contributed by atoms with Crippen LogP contribution in [0.2, 0.25) is 0 Å². The Hall–Kier alpha value is 0.150. The topological polar surface area (TPSA) is 93.0 Å². The fraction of sp³-hybridized carbons (Fsp3) is 1.00. The van der Waals surface area contributed by atoms with Crippen LogP contribution < -0.4 is 5.32 Å². The van der Waals surface area contributed by atoms with E-state index in [9.17, 15) is 10.2 Å². The molecule has 13 heavy (non-hydrogen) atoms. The summed E-state index contributed by atoms with van der Waals surface area (Å²) < 4.78 is 0. The minimum absolute atomic E-state index is 0.254. The van der Waals surface area contributed by atoms with Crippen LogP contribution in [0.25, 0.3) is 0 Å². The van der Waals surface area contributed by atoms with Crippen molar-refractivity contribution >= 4 is 11.8 Å². The molecule has 1 aliphatic heterocycles. The number of hydrogen-bond acceptors (Lipinski definition) is 6. The highest BCUT2D eigenvalue weighted by Crippen LogP contribution is 2.20. The monoisotopic (exact) mass is 209 g/mol. The lowest BCUT2D eigenvalue weighted by molar-refractivity contribution is -0.0777. The van der Waals surface area contributed by atoms with E-state index in [1.54, 1.807) is 0 Å². The third kappa shape index (κ3) is 2.80. The number of rotatable bonds is 4.